The average Bonchev–Trinajstić information content (AvgIpc) is 2.96. The van der Waals surface area contributed by atoms with Gasteiger partial charge in [0.15, 0.2) is 11.5 Å². The van der Waals surface area contributed by atoms with E-state index in [-0.39, 0.29) is 67.1 Å². The Hall–Kier alpha value is -3.34. The Morgan fingerprint density at radius 2 is 2.04 bits per heavy atom. The first kappa shape index (κ1) is 18.5. The predicted molar refractivity (Wildman–Crippen MR) is 90.4 cm³/mol. The molecule has 27 heavy (non-hydrogen) atoms. The van der Waals surface area contributed by atoms with Gasteiger partial charge in [0.25, 0.3) is 11.6 Å². The van der Waals surface area contributed by atoms with Gasteiger partial charge in [-0.25, -0.2) is 4.79 Å². The molecule has 0 aromatic heterocycles. The van der Waals surface area contributed by atoms with Crippen LogP contribution in [0.4, 0.5) is 11.4 Å². The van der Waals surface area contributed by atoms with Crippen molar-refractivity contribution in [2.75, 3.05) is 45.3 Å². The van der Waals surface area contributed by atoms with Crippen molar-refractivity contribution in [3.05, 3.63) is 33.5 Å². The molecule has 11 nitrogen and oxygen atoms in total. The summed E-state index contributed by atoms with van der Waals surface area (Å²) in [6, 6.07) is 2.54. The fourth-order valence-electron chi connectivity index (χ4n) is 2.81. The number of benzene rings is 1. The molecule has 0 saturated carbocycles. The molecule has 2 aliphatic heterocycles. The van der Waals surface area contributed by atoms with E-state index in [1.807, 2.05) is 0 Å². The zero-order valence-electron chi connectivity index (χ0n) is 14.4. The van der Waals surface area contributed by atoms with Gasteiger partial charge >= 0.3 is 5.97 Å². The van der Waals surface area contributed by atoms with Crippen molar-refractivity contribution >= 4 is 23.3 Å². The van der Waals surface area contributed by atoms with Gasteiger partial charge in [0.05, 0.1) is 36.8 Å². The van der Waals surface area contributed by atoms with Crippen molar-refractivity contribution in [3.63, 3.8) is 0 Å². The van der Waals surface area contributed by atoms with Gasteiger partial charge in [-0.1, -0.05) is 0 Å². The Bertz CT molecular complexity index is 835. The molecule has 0 bridgehead atoms. The lowest BCUT2D eigenvalue weighted by molar-refractivity contribution is -0.384. The fourth-order valence-corrected chi connectivity index (χ4v) is 2.81. The molecule has 1 aromatic carbocycles. The fraction of sp³-hybridized carbons (Fsp3) is 0.375. The van der Waals surface area contributed by atoms with Crippen LogP contribution in [-0.4, -0.2) is 66.8 Å². The minimum Gasteiger partial charge on any atom is -0.486 e. The lowest BCUT2D eigenvalue weighted by atomic mass is 10.2. The number of anilines is 1. The molecule has 2 aliphatic rings. The highest BCUT2D eigenvalue weighted by Crippen LogP contribution is 2.40. The van der Waals surface area contributed by atoms with Crippen molar-refractivity contribution in [2.45, 2.75) is 0 Å². The molecular weight excluding hydrogens is 362 g/mol. The maximum Gasteiger partial charge on any atom is 0.337 e. The zero-order valence-corrected chi connectivity index (χ0v) is 14.4. The summed E-state index contributed by atoms with van der Waals surface area (Å²) in [6.45, 7) is 0.185. The second-order valence-corrected chi connectivity index (χ2v) is 5.69. The molecule has 0 atom stereocenters. The molecule has 3 rings (SSSR count). The number of nitro benzene ring substituents is 1. The number of nitrogens with one attached hydrogen (secondary N) is 1. The summed E-state index contributed by atoms with van der Waals surface area (Å²) < 4.78 is 15.4. The Labute approximate surface area is 153 Å². The topological polar surface area (TPSA) is 140 Å². The number of rotatable bonds is 6. The summed E-state index contributed by atoms with van der Waals surface area (Å²) in [5.41, 5.74) is -0.501. The number of ether oxygens (including phenoxy) is 3. The number of methoxy groups -OCH3 is 1. The maximum atomic E-state index is 12.6. The number of aliphatic hydroxyl groups is 1. The van der Waals surface area contributed by atoms with Gasteiger partial charge in [-0.15, -0.1) is 0 Å². The normalized spacial score (nSPS) is 15.8. The number of hydrogen-bond acceptors (Lipinski definition) is 9. The van der Waals surface area contributed by atoms with Crippen LogP contribution >= 0.6 is 0 Å². The molecule has 2 heterocycles. The van der Waals surface area contributed by atoms with Crippen LogP contribution in [0, 0.1) is 10.1 Å². The van der Waals surface area contributed by atoms with Crippen LogP contribution in [0.1, 0.15) is 0 Å². The van der Waals surface area contributed by atoms with Gasteiger partial charge in [0, 0.05) is 12.6 Å². The largest absolute Gasteiger partial charge is 0.486 e. The number of nitrogens with zero attached hydrogens (tertiary/aromatic N) is 2. The first-order valence-corrected chi connectivity index (χ1v) is 8.03. The number of β-amino-alcohol motifs (C(OH)–C–C–N with tert-alkyl or cyclic N) is 1. The minimum absolute atomic E-state index is 0.00768. The molecule has 11 heteroatoms. The van der Waals surface area contributed by atoms with Gasteiger partial charge in [-0.05, 0) is 0 Å². The first-order chi connectivity index (χ1) is 13.0. The second kappa shape index (κ2) is 7.50. The standard InChI is InChI=1S/C16H17N3O8/c1-25-16(22)9-8-18(2-3-20)15(21)14(9)17-10-6-12-13(27-5-4-26-12)7-11(10)19(23)24/h6-7,17,20H,2-5,8H2,1H3. The minimum atomic E-state index is -0.744. The summed E-state index contributed by atoms with van der Waals surface area (Å²) in [6.07, 6.45) is 0. The molecule has 2 N–H and O–H groups in total. The number of carbonyl (C=O) groups is 2. The lowest BCUT2D eigenvalue weighted by Gasteiger charge is -2.19. The van der Waals surface area contributed by atoms with E-state index < -0.39 is 16.8 Å². The molecule has 0 spiro atoms. The van der Waals surface area contributed by atoms with E-state index in [0.717, 1.165) is 0 Å². The Morgan fingerprint density at radius 1 is 1.37 bits per heavy atom. The SMILES string of the molecule is COC(=O)C1=C(Nc2cc3c(cc2[N+](=O)[O-])OCCO3)C(=O)N(CCO)C1. The van der Waals surface area contributed by atoms with Crippen LogP contribution in [0.3, 0.4) is 0 Å². The highest BCUT2D eigenvalue weighted by molar-refractivity contribution is 6.08. The van der Waals surface area contributed by atoms with Crippen LogP contribution in [0.5, 0.6) is 11.5 Å². The van der Waals surface area contributed by atoms with Crippen molar-refractivity contribution in [3.8, 4) is 11.5 Å². The van der Waals surface area contributed by atoms with Crippen LogP contribution in [-0.2, 0) is 14.3 Å². The van der Waals surface area contributed by atoms with Crippen LogP contribution in [0.25, 0.3) is 0 Å². The molecular formula is C16H17N3O8. The van der Waals surface area contributed by atoms with Gasteiger partial charge in [0.1, 0.15) is 24.6 Å². The van der Waals surface area contributed by atoms with Crippen LogP contribution in [0.15, 0.2) is 23.4 Å². The molecule has 144 valence electrons. The quantitative estimate of drug-likeness (QED) is 0.398. The van der Waals surface area contributed by atoms with Crippen molar-refractivity contribution in [2.24, 2.45) is 0 Å². The second-order valence-electron chi connectivity index (χ2n) is 5.69. The summed E-state index contributed by atoms with van der Waals surface area (Å²) in [5.74, 6) is -0.812. The number of nitro groups is 1. The number of aliphatic hydroxyl groups excluding tert-OH is 1. The highest BCUT2D eigenvalue weighted by atomic mass is 16.6. The number of esters is 1. The van der Waals surface area contributed by atoms with Gasteiger partial charge in [-0.2, -0.15) is 0 Å². The predicted octanol–water partition coefficient (Wildman–Crippen LogP) is 0.0395. The number of amides is 1. The summed E-state index contributed by atoms with van der Waals surface area (Å²) in [5, 5.41) is 23.2. The molecule has 0 aliphatic carbocycles. The number of hydrogen-bond donors (Lipinski definition) is 2. The number of fused-ring (bicyclic) bond motifs is 1. The molecule has 0 radical (unpaired) electrons. The smallest absolute Gasteiger partial charge is 0.337 e. The van der Waals surface area contributed by atoms with E-state index in [0.29, 0.717) is 0 Å². The summed E-state index contributed by atoms with van der Waals surface area (Å²) in [7, 11) is 1.17. The van der Waals surface area contributed by atoms with E-state index in [2.05, 4.69) is 10.1 Å². The molecule has 0 unspecified atom stereocenters. The highest BCUT2D eigenvalue weighted by Gasteiger charge is 2.36. The van der Waals surface area contributed by atoms with Gasteiger partial charge < -0.3 is 29.5 Å². The average molecular weight is 379 g/mol. The third-order valence-electron chi connectivity index (χ3n) is 4.07. The Balaban J connectivity index is 2.02. The Kier molecular flexibility index (Phi) is 5.12. The van der Waals surface area contributed by atoms with Crippen LogP contribution < -0.4 is 14.8 Å². The lowest BCUT2D eigenvalue weighted by Crippen LogP contribution is -2.31. The first-order valence-electron chi connectivity index (χ1n) is 8.03. The van der Waals surface area contributed by atoms with Crippen molar-refractivity contribution < 1.29 is 33.8 Å². The zero-order chi connectivity index (χ0) is 19.6. The van der Waals surface area contributed by atoms with Gasteiger partial charge in [-0.3, -0.25) is 14.9 Å². The third-order valence-corrected chi connectivity index (χ3v) is 4.07. The molecule has 0 saturated heterocycles. The van der Waals surface area contributed by atoms with Crippen LogP contribution in [0.2, 0.25) is 0 Å². The van der Waals surface area contributed by atoms with Gasteiger partial charge in [0.2, 0.25) is 0 Å². The molecule has 0 fully saturated rings. The monoisotopic (exact) mass is 379 g/mol. The Morgan fingerprint density at radius 3 is 2.63 bits per heavy atom. The van der Waals surface area contributed by atoms with E-state index in [1.54, 1.807) is 0 Å². The van der Waals surface area contributed by atoms with E-state index >= 15 is 0 Å². The number of carbonyl (C=O) groups excluding carboxylic acids is 2. The summed E-state index contributed by atoms with van der Waals surface area (Å²) in [4.78, 5) is 36.6. The maximum absolute atomic E-state index is 12.6. The van der Waals surface area contributed by atoms with Crippen molar-refractivity contribution in [1.82, 2.24) is 4.90 Å². The van der Waals surface area contributed by atoms with E-state index in [9.17, 15) is 19.7 Å². The van der Waals surface area contributed by atoms with E-state index in [1.165, 1.54) is 24.1 Å². The third kappa shape index (κ3) is 3.49. The summed E-state index contributed by atoms with van der Waals surface area (Å²) >= 11 is 0. The van der Waals surface area contributed by atoms with E-state index in [4.69, 9.17) is 14.6 Å². The molecule has 1 amide bonds. The molecule has 1 aromatic rings. The van der Waals surface area contributed by atoms with Crippen molar-refractivity contribution in [1.29, 1.82) is 0 Å².